The van der Waals surface area contributed by atoms with Crippen LogP contribution in [0.15, 0.2) is 36.5 Å². The van der Waals surface area contributed by atoms with Crippen molar-refractivity contribution < 1.29 is 9.59 Å². The Kier molecular flexibility index (Phi) is 2.92. The third kappa shape index (κ3) is 1.61. The number of fused-ring (bicyclic) bond motifs is 5. The van der Waals surface area contributed by atoms with Gasteiger partial charge in [-0.05, 0) is 67.4 Å². The third-order valence-corrected chi connectivity index (χ3v) is 7.24. The molecule has 0 aromatic rings. The zero-order valence-corrected chi connectivity index (χ0v) is 13.3. The Hall–Kier alpha value is -1.44. The summed E-state index contributed by atoms with van der Waals surface area (Å²) in [6, 6.07) is 0. The summed E-state index contributed by atoms with van der Waals surface area (Å²) in [4.78, 5) is 24.2. The van der Waals surface area contributed by atoms with Crippen molar-refractivity contribution in [1.29, 1.82) is 0 Å². The number of hydrogen-bond donors (Lipinski definition) is 0. The average molecular weight is 296 g/mol. The van der Waals surface area contributed by atoms with Gasteiger partial charge >= 0.3 is 0 Å². The van der Waals surface area contributed by atoms with E-state index in [4.69, 9.17) is 0 Å². The summed E-state index contributed by atoms with van der Waals surface area (Å²) in [7, 11) is 0. The Labute approximate surface area is 132 Å². The first-order chi connectivity index (χ1) is 10.5. The lowest BCUT2D eigenvalue weighted by atomic mass is 9.47. The molecule has 0 aromatic heterocycles. The summed E-state index contributed by atoms with van der Waals surface area (Å²) in [6.07, 6.45) is 13.6. The molecule has 0 amide bonds. The van der Waals surface area contributed by atoms with Gasteiger partial charge in [0.25, 0.3) is 0 Å². The lowest BCUT2D eigenvalue weighted by molar-refractivity contribution is -0.127. The predicted octanol–water partition coefficient (Wildman–Crippen LogP) is 4.03. The van der Waals surface area contributed by atoms with Gasteiger partial charge in [0, 0.05) is 6.42 Å². The molecule has 2 fully saturated rings. The highest BCUT2D eigenvalue weighted by Crippen LogP contribution is 2.63. The molecule has 4 aliphatic rings. The molecule has 2 nitrogen and oxygen atoms in total. The molecule has 0 aliphatic heterocycles. The topological polar surface area (TPSA) is 34.1 Å². The number of rotatable bonds is 1. The van der Waals surface area contributed by atoms with Crippen LogP contribution in [0.5, 0.6) is 0 Å². The van der Waals surface area contributed by atoms with Crippen LogP contribution in [0.25, 0.3) is 0 Å². The lowest BCUT2D eigenvalue weighted by Gasteiger charge is -2.56. The monoisotopic (exact) mass is 296 g/mol. The van der Waals surface area contributed by atoms with E-state index in [1.807, 2.05) is 12.2 Å². The Morgan fingerprint density at radius 3 is 2.82 bits per heavy atom. The molecule has 0 aromatic carbocycles. The van der Waals surface area contributed by atoms with Crippen molar-refractivity contribution in [2.24, 2.45) is 28.6 Å². The van der Waals surface area contributed by atoms with Crippen LogP contribution < -0.4 is 0 Å². The molecule has 0 unspecified atom stereocenters. The second-order valence-electron chi connectivity index (χ2n) is 7.89. The fourth-order valence-electron chi connectivity index (χ4n) is 5.94. The van der Waals surface area contributed by atoms with Crippen molar-refractivity contribution in [2.75, 3.05) is 0 Å². The first-order valence-corrected chi connectivity index (χ1v) is 8.61. The molecule has 2 heteroatoms. The summed E-state index contributed by atoms with van der Waals surface area (Å²) in [5, 5.41) is 0. The summed E-state index contributed by atoms with van der Waals surface area (Å²) in [6.45, 7) is 6.36. The standard InChI is InChI=1S/C20H24O2/c1-3-20-11-9-16-15(17(20)6-7-18(20)22)5-4-13-12-14(21)8-10-19(13,16)2/h3,6-7,12,15-17H,1,4-5,8-11H2,2H3/t15-,16+,17+,19+,20+/m1/s1. The highest BCUT2D eigenvalue weighted by Gasteiger charge is 2.58. The molecule has 4 rings (SSSR count). The maximum Gasteiger partial charge on any atom is 0.165 e. The summed E-state index contributed by atoms with van der Waals surface area (Å²) in [5.74, 6) is 2.06. The smallest absolute Gasteiger partial charge is 0.165 e. The maximum absolute atomic E-state index is 12.4. The minimum atomic E-state index is -0.330. The molecule has 0 heterocycles. The van der Waals surface area contributed by atoms with E-state index in [1.54, 1.807) is 6.08 Å². The lowest BCUT2D eigenvalue weighted by Crippen LogP contribution is -2.51. The molecule has 0 saturated heterocycles. The highest BCUT2D eigenvalue weighted by molar-refractivity contribution is 5.99. The Morgan fingerprint density at radius 2 is 2.05 bits per heavy atom. The number of hydrogen-bond acceptors (Lipinski definition) is 2. The zero-order valence-electron chi connectivity index (χ0n) is 13.3. The van der Waals surface area contributed by atoms with Crippen molar-refractivity contribution in [2.45, 2.75) is 45.4 Å². The quantitative estimate of drug-likeness (QED) is 0.685. The second kappa shape index (κ2) is 4.53. The molecule has 5 atom stereocenters. The van der Waals surface area contributed by atoms with Gasteiger partial charge in [0.15, 0.2) is 11.6 Å². The van der Waals surface area contributed by atoms with E-state index in [9.17, 15) is 9.59 Å². The Bertz CT molecular complexity index is 626. The maximum atomic E-state index is 12.4. The van der Waals surface area contributed by atoms with E-state index in [0.717, 1.165) is 32.1 Å². The predicted molar refractivity (Wildman–Crippen MR) is 86.1 cm³/mol. The van der Waals surface area contributed by atoms with Gasteiger partial charge in [0.05, 0.1) is 5.41 Å². The highest BCUT2D eigenvalue weighted by atomic mass is 16.1. The van der Waals surface area contributed by atoms with Crippen LogP contribution >= 0.6 is 0 Å². The number of carbonyl (C=O) groups is 2. The summed E-state index contributed by atoms with van der Waals surface area (Å²) >= 11 is 0. The van der Waals surface area contributed by atoms with Gasteiger partial charge in [-0.25, -0.2) is 0 Å². The van der Waals surface area contributed by atoms with E-state index in [1.165, 1.54) is 5.57 Å². The van der Waals surface area contributed by atoms with Crippen molar-refractivity contribution >= 4 is 11.6 Å². The van der Waals surface area contributed by atoms with Gasteiger partial charge in [0.2, 0.25) is 0 Å². The van der Waals surface area contributed by atoms with Crippen molar-refractivity contribution in [3.63, 3.8) is 0 Å². The molecular formula is C20H24O2. The normalized spacial score (nSPS) is 46.6. The molecule has 116 valence electrons. The number of ketones is 2. The van der Waals surface area contributed by atoms with Crippen molar-refractivity contribution in [1.82, 2.24) is 0 Å². The van der Waals surface area contributed by atoms with Crippen LogP contribution in [0.4, 0.5) is 0 Å². The van der Waals surface area contributed by atoms with Crippen LogP contribution in [0.2, 0.25) is 0 Å². The van der Waals surface area contributed by atoms with E-state index in [0.29, 0.717) is 30.0 Å². The number of carbonyl (C=O) groups excluding carboxylic acids is 2. The van der Waals surface area contributed by atoms with Gasteiger partial charge in [-0.1, -0.05) is 24.6 Å². The third-order valence-electron chi connectivity index (χ3n) is 7.24. The minimum absolute atomic E-state index is 0.170. The van der Waals surface area contributed by atoms with Crippen LogP contribution in [-0.4, -0.2) is 11.6 Å². The molecule has 4 aliphatic carbocycles. The summed E-state index contributed by atoms with van der Waals surface area (Å²) < 4.78 is 0. The first-order valence-electron chi connectivity index (χ1n) is 8.61. The van der Waals surface area contributed by atoms with Crippen LogP contribution in [0.3, 0.4) is 0 Å². The van der Waals surface area contributed by atoms with E-state index in [-0.39, 0.29) is 16.6 Å². The van der Waals surface area contributed by atoms with Gasteiger partial charge in [0.1, 0.15) is 0 Å². The van der Waals surface area contributed by atoms with E-state index >= 15 is 0 Å². The average Bonchev–Trinajstić information content (AvgIpc) is 2.86. The Balaban J connectivity index is 1.73. The minimum Gasteiger partial charge on any atom is -0.295 e. The molecular weight excluding hydrogens is 272 g/mol. The van der Waals surface area contributed by atoms with E-state index < -0.39 is 0 Å². The van der Waals surface area contributed by atoms with Crippen molar-refractivity contribution in [3.05, 3.63) is 36.5 Å². The van der Waals surface area contributed by atoms with Gasteiger partial charge < -0.3 is 0 Å². The molecule has 2 saturated carbocycles. The molecule has 22 heavy (non-hydrogen) atoms. The van der Waals surface area contributed by atoms with Gasteiger partial charge in [-0.3, -0.25) is 9.59 Å². The first kappa shape index (κ1) is 14.2. The van der Waals surface area contributed by atoms with E-state index in [2.05, 4.69) is 19.6 Å². The SMILES string of the molecule is C=C[C@]12CC[C@H]3[C@@H](CCC4=CC(=O)CC[C@@]43C)[C@@H]1C=CC2=O. The molecule has 0 bridgehead atoms. The fourth-order valence-corrected chi connectivity index (χ4v) is 5.94. The van der Waals surface area contributed by atoms with Crippen LogP contribution in [0, 0.1) is 28.6 Å². The van der Waals surface area contributed by atoms with Crippen molar-refractivity contribution in [3.8, 4) is 0 Å². The molecule has 0 N–H and O–H groups in total. The largest absolute Gasteiger partial charge is 0.295 e. The van der Waals surface area contributed by atoms with Gasteiger partial charge in [-0.2, -0.15) is 0 Å². The molecule has 0 spiro atoms. The van der Waals surface area contributed by atoms with Crippen LogP contribution in [0.1, 0.15) is 45.4 Å². The second-order valence-corrected chi connectivity index (χ2v) is 7.89. The molecule has 0 radical (unpaired) electrons. The van der Waals surface area contributed by atoms with Crippen LogP contribution in [-0.2, 0) is 9.59 Å². The zero-order chi connectivity index (χ0) is 15.5. The van der Waals surface area contributed by atoms with Gasteiger partial charge in [-0.15, -0.1) is 6.58 Å². The fraction of sp³-hybridized carbons (Fsp3) is 0.600. The summed E-state index contributed by atoms with van der Waals surface area (Å²) in [5.41, 5.74) is 1.22. The number of allylic oxidation sites excluding steroid dienone is 5. The Morgan fingerprint density at radius 1 is 1.23 bits per heavy atom.